The van der Waals surface area contributed by atoms with Gasteiger partial charge < -0.3 is 15.3 Å². The average Bonchev–Trinajstić information content (AvgIpc) is 2.77. The molecule has 0 bridgehead atoms. The fourth-order valence-corrected chi connectivity index (χ4v) is 5.92. The van der Waals surface area contributed by atoms with Gasteiger partial charge in [-0.25, -0.2) is 0 Å². The third-order valence-electron chi connectivity index (χ3n) is 7.32. The van der Waals surface area contributed by atoms with Crippen molar-refractivity contribution in [2.24, 2.45) is 28.6 Å². The summed E-state index contributed by atoms with van der Waals surface area (Å²) >= 11 is 0. The minimum atomic E-state index is -0.474. The zero-order valence-electron chi connectivity index (χ0n) is 13.4. The summed E-state index contributed by atoms with van der Waals surface area (Å²) in [5.41, 5.74) is 0.897. The molecule has 7 atom stereocenters. The standard InChI is InChI=1S/C19H26O3/c1-18-7-5-12(20)9-11(18)10-15(21)17-13-3-4-16(22)19(13,2)8-6-14(17)18/h5,7,9-10,13-17,20-22H,3-4,6,8H2,1-2H3/t13-,14-,15-,16-,17-,18-,19-/m0/s1. The van der Waals surface area contributed by atoms with Gasteiger partial charge in [-0.2, -0.15) is 0 Å². The maximum absolute atomic E-state index is 10.8. The van der Waals surface area contributed by atoms with Crippen molar-refractivity contribution < 1.29 is 15.3 Å². The summed E-state index contributed by atoms with van der Waals surface area (Å²) in [5, 5.41) is 31.0. The number of hydrogen-bond acceptors (Lipinski definition) is 3. The number of aliphatic hydroxyl groups is 3. The highest BCUT2D eigenvalue weighted by Gasteiger charge is 2.59. The topological polar surface area (TPSA) is 60.7 Å². The predicted octanol–water partition coefficient (Wildman–Crippen LogP) is 3.11. The lowest BCUT2D eigenvalue weighted by Gasteiger charge is -2.56. The summed E-state index contributed by atoms with van der Waals surface area (Å²) in [6, 6.07) is 0. The molecule has 0 radical (unpaired) electrons. The molecule has 0 saturated heterocycles. The van der Waals surface area contributed by atoms with E-state index in [1.165, 1.54) is 0 Å². The third kappa shape index (κ3) is 1.70. The molecule has 0 unspecified atom stereocenters. The molecule has 0 spiro atoms. The normalized spacial score (nSPS) is 53.2. The van der Waals surface area contributed by atoms with Crippen LogP contribution in [-0.2, 0) is 0 Å². The molecule has 4 aliphatic rings. The van der Waals surface area contributed by atoms with Crippen molar-refractivity contribution in [3.05, 3.63) is 35.6 Å². The predicted molar refractivity (Wildman–Crippen MR) is 85.1 cm³/mol. The SMILES string of the molecule is C[C@]12CC[C@H]3[C@@H]([C@@H](O)C=C4C=C(O)C=C[C@@]43C)[C@@H]1CC[C@@H]2O. The van der Waals surface area contributed by atoms with Crippen LogP contribution in [0.15, 0.2) is 35.6 Å². The highest BCUT2D eigenvalue weighted by molar-refractivity contribution is 5.44. The van der Waals surface area contributed by atoms with E-state index in [0.29, 0.717) is 11.8 Å². The second kappa shape index (κ2) is 4.48. The largest absolute Gasteiger partial charge is 0.508 e. The minimum absolute atomic E-state index is 0.0415. The van der Waals surface area contributed by atoms with Gasteiger partial charge in [0.1, 0.15) is 5.76 Å². The summed E-state index contributed by atoms with van der Waals surface area (Å²) in [4.78, 5) is 0. The Morgan fingerprint density at radius 2 is 1.86 bits per heavy atom. The van der Waals surface area contributed by atoms with Crippen LogP contribution >= 0.6 is 0 Å². The van der Waals surface area contributed by atoms with Crippen LogP contribution in [0.1, 0.15) is 39.5 Å². The van der Waals surface area contributed by atoms with Gasteiger partial charge in [-0.15, -0.1) is 0 Å². The third-order valence-corrected chi connectivity index (χ3v) is 7.32. The molecule has 2 fully saturated rings. The molecular formula is C19H26O3. The van der Waals surface area contributed by atoms with Crippen LogP contribution in [0.4, 0.5) is 0 Å². The average molecular weight is 302 g/mol. The van der Waals surface area contributed by atoms with Gasteiger partial charge in [-0.1, -0.05) is 26.0 Å². The van der Waals surface area contributed by atoms with Gasteiger partial charge in [0, 0.05) is 5.41 Å². The molecular weight excluding hydrogens is 276 g/mol. The molecule has 0 heterocycles. The van der Waals surface area contributed by atoms with E-state index >= 15 is 0 Å². The molecule has 2 saturated carbocycles. The molecule has 0 aliphatic heterocycles. The van der Waals surface area contributed by atoms with Gasteiger partial charge in [0.2, 0.25) is 0 Å². The first kappa shape index (κ1) is 14.5. The molecule has 22 heavy (non-hydrogen) atoms. The summed E-state index contributed by atoms with van der Waals surface area (Å²) < 4.78 is 0. The Hall–Kier alpha value is -1.06. The monoisotopic (exact) mass is 302 g/mol. The number of allylic oxidation sites excluding steroid dienone is 4. The molecule has 120 valence electrons. The van der Waals surface area contributed by atoms with Crippen molar-refractivity contribution in [2.45, 2.75) is 51.7 Å². The first-order chi connectivity index (χ1) is 10.4. The quantitative estimate of drug-likeness (QED) is 0.644. The lowest BCUT2D eigenvalue weighted by Crippen LogP contribution is -2.53. The van der Waals surface area contributed by atoms with Crippen molar-refractivity contribution in [3.8, 4) is 0 Å². The van der Waals surface area contributed by atoms with Crippen molar-refractivity contribution in [2.75, 3.05) is 0 Å². The van der Waals surface area contributed by atoms with Crippen LogP contribution in [0.25, 0.3) is 0 Å². The summed E-state index contributed by atoms with van der Waals surface area (Å²) in [6.07, 6.45) is 10.9. The second-order valence-corrected chi connectivity index (χ2v) is 8.23. The number of aliphatic hydroxyl groups excluding tert-OH is 3. The summed E-state index contributed by atoms with van der Waals surface area (Å²) in [5.74, 6) is 1.25. The lowest BCUT2D eigenvalue weighted by molar-refractivity contribution is -0.0882. The Balaban J connectivity index is 1.79. The number of rotatable bonds is 0. The van der Waals surface area contributed by atoms with Crippen molar-refractivity contribution in [3.63, 3.8) is 0 Å². The van der Waals surface area contributed by atoms with Crippen molar-refractivity contribution in [1.29, 1.82) is 0 Å². The van der Waals surface area contributed by atoms with Gasteiger partial charge in [0.15, 0.2) is 0 Å². The Kier molecular flexibility index (Phi) is 2.96. The molecule has 0 aromatic rings. The van der Waals surface area contributed by atoms with E-state index in [9.17, 15) is 15.3 Å². The zero-order chi connectivity index (χ0) is 15.7. The van der Waals surface area contributed by atoms with E-state index < -0.39 is 6.10 Å². The summed E-state index contributed by atoms with van der Waals surface area (Å²) in [6.45, 7) is 4.44. The molecule has 0 aromatic heterocycles. The van der Waals surface area contributed by atoms with Crippen LogP contribution in [-0.4, -0.2) is 27.5 Å². The van der Waals surface area contributed by atoms with Crippen LogP contribution in [0.3, 0.4) is 0 Å². The molecule has 3 heteroatoms. The smallest absolute Gasteiger partial charge is 0.115 e. The number of fused-ring (bicyclic) bond motifs is 5. The van der Waals surface area contributed by atoms with Crippen LogP contribution in [0.5, 0.6) is 0 Å². The van der Waals surface area contributed by atoms with Gasteiger partial charge >= 0.3 is 0 Å². The van der Waals surface area contributed by atoms with Crippen LogP contribution in [0, 0.1) is 28.6 Å². The Labute approximate surface area is 132 Å². The van der Waals surface area contributed by atoms with Gasteiger partial charge in [0.05, 0.1) is 12.2 Å². The molecule has 0 amide bonds. The highest BCUT2D eigenvalue weighted by Crippen LogP contribution is 2.63. The number of hydrogen-bond donors (Lipinski definition) is 3. The van der Waals surface area contributed by atoms with Gasteiger partial charge in [0.25, 0.3) is 0 Å². The molecule has 4 rings (SSSR count). The van der Waals surface area contributed by atoms with Crippen molar-refractivity contribution >= 4 is 0 Å². The molecule has 0 aromatic carbocycles. The van der Waals surface area contributed by atoms with E-state index in [1.54, 1.807) is 12.2 Å². The molecule has 3 nitrogen and oxygen atoms in total. The zero-order valence-corrected chi connectivity index (χ0v) is 13.4. The molecule has 4 aliphatic carbocycles. The van der Waals surface area contributed by atoms with Crippen molar-refractivity contribution in [1.82, 2.24) is 0 Å². The first-order valence-electron chi connectivity index (χ1n) is 8.54. The summed E-state index contributed by atoms with van der Waals surface area (Å²) in [7, 11) is 0. The Morgan fingerprint density at radius 1 is 1.09 bits per heavy atom. The lowest BCUT2D eigenvalue weighted by atomic mass is 9.49. The maximum Gasteiger partial charge on any atom is 0.115 e. The van der Waals surface area contributed by atoms with Crippen LogP contribution < -0.4 is 0 Å². The first-order valence-corrected chi connectivity index (χ1v) is 8.54. The van der Waals surface area contributed by atoms with E-state index in [1.807, 2.05) is 6.08 Å². The minimum Gasteiger partial charge on any atom is -0.508 e. The van der Waals surface area contributed by atoms with E-state index in [2.05, 4.69) is 19.9 Å². The highest BCUT2D eigenvalue weighted by atomic mass is 16.3. The second-order valence-electron chi connectivity index (χ2n) is 8.23. The van der Waals surface area contributed by atoms with Gasteiger partial charge in [-0.05, 0) is 66.6 Å². The van der Waals surface area contributed by atoms with E-state index in [4.69, 9.17) is 0 Å². The fraction of sp³-hybridized carbons (Fsp3) is 0.684. The Bertz CT molecular complexity index is 589. The maximum atomic E-state index is 10.8. The fourth-order valence-electron chi connectivity index (χ4n) is 5.92. The Morgan fingerprint density at radius 3 is 2.64 bits per heavy atom. The van der Waals surface area contributed by atoms with E-state index in [0.717, 1.165) is 31.3 Å². The molecule has 3 N–H and O–H groups in total. The van der Waals surface area contributed by atoms with Gasteiger partial charge in [-0.3, -0.25) is 0 Å². The van der Waals surface area contributed by atoms with Crippen LogP contribution in [0.2, 0.25) is 0 Å². The van der Waals surface area contributed by atoms with E-state index in [-0.39, 0.29) is 28.6 Å².